The minimum Gasteiger partial charge on any atom is -0.327 e. The van der Waals surface area contributed by atoms with Crippen LogP contribution in [0, 0.1) is 0 Å². The number of likely N-dealkylation sites (N-methyl/N-ethyl adjacent to an activating group) is 1. The normalized spacial score (nSPS) is 28.5. The van der Waals surface area contributed by atoms with Crippen LogP contribution < -0.4 is 5.32 Å². The first-order valence-electron chi connectivity index (χ1n) is 4.12. The molecule has 0 spiro atoms. The number of rotatable bonds is 1. The van der Waals surface area contributed by atoms with Crippen molar-refractivity contribution in [1.29, 1.82) is 0 Å². The maximum Gasteiger partial charge on any atom is 0.101 e. The van der Waals surface area contributed by atoms with Crippen molar-refractivity contribution in [1.82, 2.24) is 5.32 Å². The Kier molecular flexibility index (Phi) is 2.32. The molecule has 0 aliphatic carbocycles. The molecule has 1 rings (SSSR count). The number of hydrogen-bond acceptors (Lipinski definition) is 1. The minimum atomic E-state index is 0.828. The van der Waals surface area contributed by atoms with Gasteiger partial charge < -0.3 is 9.80 Å². The predicted octanol–water partition coefficient (Wildman–Crippen LogP) is 0.445. The van der Waals surface area contributed by atoms with Gasteiger partial charge in [0.15, 0.2) is 0 Å². The lowest BCUT2D eigenvalue weighted by Crippen LogP contribution is -2.52. The van der Waals surface area contributed by atoms with E-state index in [1.807, 2.05) is 0 Å². The molecule has 1 N–H and O–H groups in total. The summed E-state index contributed by atoms with van der Waals surface area (Å²) >= 11 is 0. The lowest BCUT2D eigenvalue weighted by Gasteiger charge is -2.36. The van der Waals surface area contributed by atoms with Crippen molar-refractivity contribution in [3.05, 3.63) is 0 Å². The van der Waals surface area contributed by atoms with Gasteiger partial charge in [0.2, 0.25) is 0 Å². The largest absolute Gasteiger partial charge is 0.327 e. The fourth-order valence-corrected chi connectivity index (χ4v) is 1.49. The van der Waals surface area contributed by atoms with Crippen LogP contribution in [0.4, 0.5) is 0 Å². The van der Waals surface area contributed by atoms with Crippen molar-refractivity contribution >= 4 is 0 Å². The van der Waals surface area contributed by atoms with Crippen molar-refractivity contribution in [3.63, 3.8) is 0 Å². The molecule has 0 aromatic heterocycles. The van der Waals surface area contributed by atoms with E-state index in [4.69, 9.17) is 0 Å². The van der Waals surface area contributed by atoms with Gasteiger partial charge in [0.1, 0.15) is 6.04 Å². The average Bonchev–Trinajstić information content (AvgIpc) is 1.88. The summed E-state index contributed by atoms with van der Waals surface area (Å²) in [4.78, 5) is 0. The highest BCUT2D eigenvalue weighted by Crippen LogP contribution is 2.11. The van der Waals surface area contributed by atoms with Crippen LogP contribution in [0.3, 0.4) is 0 Å². The maximum atomic E-state index is 3.43. The smallest absolute Gasteiger partial charge is 0.101 e. The fourth-order valence-electron chi connectivity index (χ4n) is 1.49. The van der Waals surface area contributed by atoms with E-state index in [2.05, 4.69) is 26.5 Å². The van der Waals surface area contributed by atoms with E-state index in [1.54, 1.807) is 0 Å². The Morgan fingerprint density at radius 2 is 2.00 bits per heavy atom. The second-order valence-electron chi connectivity index (χ2n) is 4.12. The van der Waals surface area contributed by atoms with E-state index in [0.29, 0.717) is 0 Å². The lowest BCUT2D eigenvalue weighted by molar-refractivity contribution is -0.895. The predicted molar refractivity (Wildman–Crippen MR) is 43.9 cm³/mol. The van der Waals surface area contributed by atoms with Crippen molar-refractivity contribution in [2.75, 3.05) is 34.2 Å². The summed E-state index contributed by atoms with van der Waals surface area (Å²) in [7, 11) is 6.83. The molecule has 1 heterocycles. The summed E-state index contributed by atoms with van der Waals surface area (Å²) < 4.78 is 1.10. The Labute approximate surface area is 63.8 Å². The Bertz CT molecular complexity index is 98.3. The molecular weight excluding hydrogens is 124 g/mol. The Hall–Kier alpha value is -0.0800. The molecule has 1 fully saturated rings. The van der Waals surface area contributed by atoms with E-state index in [0.717, 1.165) is 10.5 Å². The SMILES string of the molecule is C[N+](C)(C)C1CCCNC1. The van der Waals surface area contributed by atoms with Crippen molar-refractivity contribution in [2.24, 2.45) is 0 Å². The molecule has 2 nitrogen and oxygen atoms in total. The monoisotopic (exact) mass is 143 g/mol. The number of hydrogen-bond donors (Lipinski definition) is 1. The molecule has 0 aromatic carbocycles. The summed E-state index contributed by atoms with van der Waals surface area (Å²) in [6.07, 6.45) is 2.73. The number of quaternary nitrogens is 1. The van der Waals surface area contributed by atoms with E-state index < -0.39 is 0 Å². The van der Waals surface area contributed by atoms with Gasteiger partial charge in [-0.1, -0.05) is 0 Å². The Morgan fingerprint density at radius 3 is 2.30 bits per heavy atom. The molecule has 0 amide bonds. The second-order valence-corrected chi connectivity index (χ2v) is 4.12. The molecule has 60 valence electrons. The first-order valence-corrected chi connectivity index (χ1v) is 4.12. The summed E-state index contributed by atoms with van der Waals surface area (Å²) in [5.41, 5.74) is 0. The molecule has 0 radical (unpaired) electrons. The van der Waals surface area contributed by atoms with Crippen molar-refractivity contribution in [3.8, 4) is 0 Å². The molecule has 10 heavy (non-hydrogen) atoms. The van der Waals surface area contributed by atoms with Crippen LogP contribution >= 0.6 is 0 Å². The second kappa shape index (κ2) is 2.89. The van der Waals surface area contributed by atoms with Gasteiger partial charge in [-0.2, -0.15) is 0 Å². The van der Waals surface area contributed by atoms with Gasteiger partial charge in [0.25, 0.3) is 0 Å². The number of piperidine rings is 1. The zero-order valence-electron chi connectivity index (χ0n) is 7.35. The summed E-state index contributed by atoms with van der Waals surface area (Å²) in [6, 6.07) is 0.828. The van der Waals surface area contributed by atoms with Crippen LogP contribution in [0.5, 0.6) is 0 Å². The first-order chi connectivity index (χ1) is 4.61. The lowest BCUT2D eigenvalue weighted by atomic mass is 10.1. The molecule has 0 saturated carbocycles. The van der Waals surface area contributed by atoms with E-state index >= 15 is 0 Å². The van der Waals surface area contributed by atoms with Gasteiger partial charge in [-0.3, -0.25) is 0 Å². The number of nitrogens with zero attached hydrogens (tertiary/aromatic N) is 1. The van der Waals surface area contributed by atoms with Gasteiger partial charge in [-0.25, -0.2) is 0 Å². The van der Waals surface area contributed by atoms with Crippen LogP contribution in [0.15, 0.2) is 0 Å². The highest BCUT2D eigenvalue weighted by atomic mass is 15.3. The first kappa shape index (κ1) is 8.02. The highest BCUT2D eigenvalue weighted by Gasteiger charge is 2.24. The summed E-state index contributed by atoms with van der Waals surface area (Å²) in [5, 5.41) is 3.43. The van der Waals surface area contributed by atoms with Crippen LogP contribution in [0.1, 0.15) is 12.8 Å². The van der Waals surface area contributed by atoms with Crippen molar-refractivity contribution < 1.29 is 4.48 Å². The zero-order valence-corrected chi connectivity index (χ0v) is 7.35. The molecular formula is C8H19N2+. The molecule has 0 bridgehead atoms. The standard InChI is InChI=1S/C8H19N2/c1-10(2,3)8-5-4-6-9-7-8/h8-9H,4-7H2,1-3H3/q+1. The molecule has 1 aliphatic rings. The molecule has 2 heteroatoms. The van der Waals surface area contributed by atoms with Crippen molar-refractivity contribution in [2.45, 2.75) is 18.9 Å². The van der Waals surface area contributed by atoms with Gasteiger partial charge in [0.05, 0.1) is 21.1 Å². The average molecular weight is 143 g/mol. The molecule has 1 saturated heterocycles. The third kappa shape index (κ3) is 1.96. The quantitative estimate of drug-likeness (QED) is 0.525. The van der Waals surface area contributed by atoms with Gasteiger partial charge in [-0.15, -0.1) is 0 Å². The van der Waals surface area contributed by atoms with Crippen LogP contribution in [-0.2, 0) is 0 Å². The topological polar surface area (TPSA) is 12.0 Å². The molecule has 1 atom stereocenters. The highest BCUT2D eigenvalue weighted by molar-refractivity contribution is 4.68. The van der Waals surface area contributed by atoms with E-state index in [9.17, 15) is 0 Å². The van der Waals surface area contributed by atoms with Crippen LogP contribution in [0.2, 0.25) is 0 Å². The zero-order chi connectivity index (χ0) is 7.61. The fraction of sp³-hybridized carbons (Fsp3) is 1.00. The third-order valence-electron chi connectivity index (χ3n) is 2.37. The van der Waals surface area contributed by atoms with Crippen LogP contribution in [0.25, 0.3) is 0 Å². The van der Waals surface area contributed by atoms with Gasteiger partial charge >= 0.3 is 0 Å². The number of nitrogens with one attached hydrogen (secondary N) is 1. The summed E-state index contributed by atoms with van der Waals surface area (Å²) in [6.45, 7) is 2.42. The van der Waals surface area contributed by atoms with Gasteiger partial charge in [0, 0.05) is 13.0 Å². The molecule has 0 aromatic rings. The molecule has 1 aliphatic heterocycles. The maximum absolute atomic E-state index is 3.43. The van der Waals surface area contributed by atoms with Gasteiger partial charge in [-0.05, 0) is 13.0 Å². The third-order valence-corrected chi connectivity index (χ3v) is 2.37. The Morgan fingerprint density at radius 1 is 1.30 bits per heavy atom. The van der Waals surface area contributed by atoms with E-state index in [-0.39, 0.29) is 0 Å². The summed E-state index contributed by atoms with van der Waals surface area (Å²) in [5.74, 6) is 0. The van der Waals surface area contributed by atoms with Crippen LogP contribution in [-0.4, -0.2) is 44.8 Å². The molecule has 1 unspecified atom stereocenters. The minimum absolute atomic E-state index is 0.828. The Balaban J connectivity index is 2.39. The van der Waals surface area contributed by atoms with E-state index in [1.165, 1.54) is 25.9 Å².